The van der Waals surface area contributed by atoms with Crippen LogP contribution in [0.2, 0.25) is 0 Å². The highest BCUT2D eigenvalue weighted by Crippen LogP contribution is 2.41. The number of aliphatic carboxylic acids is 1. The Balaban J connectivity index is 1.57. The number of aromatic nitrogens is 1. The highest BCUT2D eigenvalue weighted by Gasteiger charge is 2.47. The largest absolute Gasteiger partial charge is 0.493 e. The molecule has 0 spiro atoms. The minimum Gasteiger partial charge on any atom is -0.493 e. The fourth-order valence-electron chi connectivity index (χ4n) is 5.90. The van der Waals surface area contributed by atoms with Crippen molar-refractivity contribution >= 4 is 11.9 Å². The van der Waals surface area contributed by atoms with Gasteiger partial charge in [0.05, 0.1) is 19.1 Å². The van der Waals surface area contributed by atoms with E-state index in [0.717, 1.165) is 61.2 Å². The Labute approximate surface area is 226 Å². The Kier molecular flexibility index (Phi) is 10.1. The number of aryl methyl sites for hydroxylation is 1. The van der Waals surface area contributed by atoms with E-state index in [2.05, 4.69) is 22.9 Å². The standard InChI is InChI=1S/C30H42N4O4/c1-2-3-16-33(17-7-5-14-31)28(35)21-34-20-25(22-9-12-27-23(19-22)13-18-38-27)29(30(36)37)26(34)11-10-24-8-4-6-15-32-24/h4,6,8-9,12,15,19,25-26,29H,2-3,5,7,10-11,13-14,16-18,20-21,31H2,1H3,(H,36,37)/t25-,26+,29?/m1/s1. The Morgan fingerprint density at radius 2 is 2.03 bits per heavy atom. The number of carbonyl (C=O) groups is 2. The summed E-state index contributed by atoms with van der Waals surface area (Å²) in [5, 5.41) is 10.5. The summed E-state index contributed by atoms with van der Waals surface area (Å²) in [6.07, 6.45) is 7.65. The van der Waals surface area contributed by atoms with Crippen molar-refractivity contribution in [2.45, 2.75) is 63.8 Å². The van der Waals surface area contributed by atoms with Crippen molar-refractivity contribution in [1.82, 2.24) is 14.8 Å². The molecule has 38 heavy (non-hydrogen) atoms. The number of fused-ring (bicyclic) bond motifs is 1. The maximum Gasteiger partial charge on any atom is 0.308 e. The van der Waals surface area contributed by atoms with E-state index in [1.807, 2.05) is 35.2 Å². The zero-order valence-corrected chi connectivity index (χ0v) is 22.6. The number of rotatable bonds is 14. The van der Waals surface area contributed by atoms with Gasteiger partial charge in [0, 0.05) is 49.9 Å². The third-order valence-electron chi connectivity index (χ3n) is 7.95. The minimum absolute atomic E-state index is 0.0745. The van der Waals surface area contributed by atoms with Gasteiger partial charge in [-0.2, -0.15) is 0 Å². The van der Waals surface area contributed by atoms with E-state index in [1.54, 1.807) is 6.20 Å². The van der Waals surface area contributed by atoms with Gasteiger partial charge in [0.1, 0.15) is 5.75 Å². The molecule has 2 aliphatic rings. The van der Waals surface area contributed by atoms with Gasteiger partial charge < -0.3 is 20.5 Å². The van der Waals surface area contributed by atoms with E-state index in [0.29, 0.717) is 39.1 Å². The molecule has 1 aromatic carbocycles. The predicted molar refractivity (Wildman–Crippen MR) is 147 cm³/mol. The van der Waals surface area contributed by atoms with Crippen LogP contribution in [0.5, 0.6) is 5.75 Å². The molecule has 3 heterocycles. The van der Waals surface area contributed by atoms with Gasteiger partial charge in [-0.25, -0.2) is 0 Å². The van der Waals surface area contributed by atoms with Gasteiger partial charge in [0.15, 0.2) is 0 Å². The maximum absolute atomic E-state index is 13.6. The Bertz CT molecular complexity index is 1060. The van der Waals surface area contributed by atoms with Crippen LogP contribution >= 0.6 is 0 Å². The molecule has 1 fully saturated rings. The van der Waals surface area contributed by atoms with Gasteiger partial charge in [-0.3, -0.25) is 19.5 Å². The summed E-state index contributed by atoms with van der Waals surface area (Å²) in [4.78, 5) is 34.8. The van der Waals surface area contributed by atoms with Crippen LogP contribution in [0.25, 0.3) is 0 Å². The molecule has 0 bridgehead atoms. The van der Waals surface area contributed by atoms with Crippen LogP contribution in [0.15, 0.2) is 42.6 Å². The lowest BCUT2D eigenvalue weighted by molar-refractivity contribution is -0.143. The molecule has 3 atom stereocenters. The zero-order chi connectivity index (χ0) is 26.9. The molecule has 2 aromatic rings. The highest BCUT2D eigenvalue weighted by molar-refractivity contribution is 5.79. The van der Waals surface area contributed by atoms with Crippen molar-refractivity contribution in [3.05, 3.63) is 59.4 Å². The van der Waals surface area contributed by atoms with Crippen LogP contribution in [0.1, 0.15) is 61.8 Å². The van der Waals surface area contributed by atoms with E-state index >= 15 is 0 Å². The van der Waals surface area contributed by atoms with Gasteiger partial charge >= 0.3 is 5.97 Å². The summed E-state index contributed by atoms with van der Waals surface area (Å²) in [5.41, 5.74) is 8.78. The van der Waals surface area contributed by atoms with E-state index in [9.17, 15) is 14.7 Å². The van der Waals surface area contributed by atoms with Crippen molar-refractivity contribution in [1.29, 1.82) is 0 Å². The normalized spacial score (nSPS) is 20.7. The van der Waals surface area contributed by atoms with Crippen molar-refractivity contribution in [3.63, 3.8) is 0 Å². The average molecular weight is 523 g/mol. The molecule has 2 aliphatic heterocycles. The molecule has 0 aliphatic carbocycles. The summed E-state index contributed by atoms with van der Waals surface area (Å²) in [7, 11) is 0. The lowest BCUT2D eigenvalue weighted by Crippen LogP contribution is -2.45. The molecule has 8 nitrogen and oxygen atoms in total. The number of benzene rings is 1. The van der Waals surface area contributed by atoms with Crippen LogP contribution in [-0.4, -0.2) is 77.1 Å². The number of nitrogens with two attached hydrogens (primary N) is 1. The third kappa shape index (κ3) is 6.91. The first-order valence-corrected chi connectivity index (χ1v) is 14.1. The molecule has 0 radical (unpaired) electrons. The molecule has 1 amide bonds. The Hall–Kier alpha value is -2.97. The quantitative estimate of drug-likeness (QED) is 0.366. The van der Waals surface area contributed by atoms with E-state index < -0.39 is 11.9 Å². The first kappa shape index (κ1) is 28.0. The summed E-state index contributed by atoms with van der Waals surface area (Å²) in [6.45, 7) is 5.60. The maximum atomic E-state index is 13.6. The topological polar surface area (TPSA) is 109 Å². The highest BCUT2D eigenvalue weighted by atomic mass is 16.5. The molecule has 0 saturated carbocycles. The summed E-state index contributed by atoms with van der Waals surface area (Å²) < 4.78 is 5.68. The number of ether oxygens (including phenoxy) is 1. The van der Waals surface area contributed by atoms with Gasteiger partial charge in [-0.05, 0) is 68.0 Å². The van der Waals surface area contributed by atoms with Crippen molar-refractivity contribution in [2.24, 2.45) is 11.7 Å². The van der Waals surface area contributed by atoms with Gasteiger partial charge in [-0.15, -0.1) is 0 Å². The summed E-state index contributed by atoms with van der Waals surface area (Å²) in [5.74, 6) is -0.639. The molecule has 1 aromatic heterocycles. The number of nitrogens with zero attached hydrogens (tertiary/aromatic N) is 3. The van der Waals surface area contributed by atoms with Crippen molar-refractivity contribution in [3.8, 4) is 5.75 Å². The van der Waals surface area contributed by atoms with Gasteiger partial charge in [0.25, 0.3) is 0 Å². The third-order valence-corrected chi connectivity index (χ3v) is 7.95. The first-order chi connectivity index (χ1) is 18.5. The predicted octanol–water partition coefficient (Wildman–Crippen LogP) is 3.49. The number of likely N-dealkylation sites (tertiary alicyclic amines) is 1. The monoisotopic (exact) mass is 522 g/mol. The molecule has 1 saturated heterocycles. The number of carboxylic acids is 1. The second kappa shape index (κ2) is 13.7. The Morgan fingerprint density at radius 1 is 1.18 bits per heavy atom. The minimum atomic E-state index is -0.807. The number of carbonyl (C=O) groups excluding carboxylic acids is 1. The number of hydrogen-bond acceptors (Lipinski definition) is 6. The molecule has 206 valence electrons. The fraction of sp³-hybridized carbons (Fsp3) is 0.567. The van der Waals surface area contributed by atoms with Crippen molar-refractivity contribution < 1.29 is 19.4 Å². The average Bonchev–Trinajstić information content (AvgIpc) is 3.54. The number of amides is 1. The number of hydrogen-bond donors (Lipinski definition) is 2. The number of unbranched alkanes of at least 4 members (excludes halogenated alkanes) is 2. The number of pyridine rings is 1. The summed E-state index contributed by atoms with van der Waals surface area (Å²) >= 11 is 0. The second-order valence-corrected chi connectivity index (χ2v) is 10.5. The molecule has 4 rings (SSSR count). The van der Waals surface area contributed by atoms with Crippen LogP contribution < -0.4 is 10.5 Å². The van der Waals surface area contributed by atoms with E-state index in [-0.39, 0.29) is 24.4 Å². The second-order valence-electron chi connectivity index (χ2n) is 10.5. The first-order valence-electron chi connectivity index (χ1n) is 14.1. The van der Waals surface area contributed by atoms with E-state index in [4.69, 9.17) is 10.5 Å². The lowest BCUT2D eigenvalue weighted by atomic mass is 9.83. The Morgan fingerprint density at radius 3 is 2.76 bits per heavy atom. The van der Waals surface area contributed by atoms with Crippen LogP contribution in [0.4, 0.5) is 0 Å². The fourth-order valence-corrected chi connectivity index (χ4v) is 5.90. The SMILES string of the molecule is CCCCN(CCCCN)C(=O)CN1C[C@H](c2ccc3c(c2)CCO3)C(C(=O)O)[C@@H]1CCc1ccccn1. The summed E-state index contributed by atoms with van der Waals surface area (Å²) in [6, 6.07) is 11.6. The van der Waals surface area contributed by atoms with Gasteiger partial charge in [-0.1, -0.05) is 31.5 Å². The zero-order valence-electron chi connectivity index (χ0n) is 22.6. The molecule has 1 unspecified atom stereocenters. The van der Waals surface area contributed by atoms with Gasteiger partial charge in [0.2, 0.25) is 5.91 Å². The van der Waals surface area contributed by atoms with Crippen LogP contribution in [0, 0.1) is 5.92 Å². The molecular formula is C30H42N4O4. The van der Waals surface area contributed by atoms with Crippen LogP contribution in [-0.2, 0) is 22.4 Å². The number of carboxylic acid groups (broad SMARTS) is 1. The lowest BCUT2D eigenvalue weighted by Gasteiger charge is -2.29. The van der Waals surface area contributed by atoms with E-state index in [1.165, 1.54) is 0 Å². The van der Waals surface area contributed by atoms with Crippen molar-refractivity contribution in [2.75, 3.05) is 39.3 Å². The molecule has 3 N–H and O–H groups in total. The smallest absolute Gasteiger partial charge is 0.308 e. The van der Waals surface area contributed by atoms with Crippen LogP contribution in [0.3, 0.4) is 0 Å². The molecular weight excluding hydrogens is 480 g/mol. The molecule has 8 heteroatoms.